The Hall–Kier alpha value is -1.87. The van der Waals surface area contributed by atoms with E-state index in [-0.39, 0.29) is 12.1 Å². The summed E-state index contributed by atoms with van der Waals surface area (Å²) >= 11 is 0. The van der Waals surface area contributed by atoms with Crippen LogP contribution < -0.4 is 0 Å². The second-order valence-electron chi connectivity index (χ2n) is 6.59. The average molecular weight is 345 g/mol. The molecule has 0 amide bonds. The summed E-state index contributed by atoms with van der Waals surface area (Å²) in [4.78, 5) is 13.2. The van der Waals surface area contributed by atoms with Gasteiger partial charge in [-0.05, 0) is 31.6 Å². The van der Waals surface area contributed by atoms with Crippen molar-refractivity contribution in [2.24, 2.45) is 0 Å². The van der Waals surface area contributed by atoms with Gasteiger partial charge in [0.2, 0.25) is 11.7 Å². The van der Waals surface area contributed by atoms with Crippen LogP contribution in [0.25, 0.3) is 11.4 Å². The third-order valence-electron chi connectivity index (χ3n) is 4.86. The van der Waals surface area contributed by atoms with Crippen molar-refractivity contribution >= 4 is 0 Å². The van der Waals surface area contributed by atoms with Gasteiger partial charge < -0.3 is 14.4 Å². The lowest BCUT2D eigenvalue weighted by Crippen LogP contribution is -2.44. The lowest BCUT2D eigenvalue weighted by atomic mass is 10.2. The highest BCUT2D eigenvalue weighted by atomic mass is 16.5. The van der Waals surface area contributed by atoms with Crippen molar-refractivity contribution in [2.45, 2.75) is 25.1 Å². The summed E-state index contributed by atoms with van der Waals surface area (Å²) < 4.78 is 10.8. The van der Waals surface area contributed by atoms with Gasteiger partial charge in [-0.3, -0.25) is 14.8 Å². The van der Waals surface area contributed by atoms with E-state index in [9.17, 15) is 5.11 Å². The predicted molar refractivity (Wildman–Crippen MR) is 89.6 cm³/mol. The fourth-order valence-corrected chi connectivity index (χ4v) is 3.48. The number of hydrogen-bond donors (Lipinski definition) is 1. The molecule has 2 aromatic heterocycles. The van der Waals surface area contributed by atoms with Crippen LogP contribution in [0.2, 0.25) is 0 Å². The summed E-state index contributed by atoms with van der Waals surface area (Å²) in [6, 6.07) is 3.90. The molecule has 0 aromatic carbocycles. The Labute approximate surface area is 146 Å². The van der Waals surface area contributed by atoms with E-state index < -0.39 is 0 Å². The second-order valence-corrected chi connectivity index (χ2v) is 6.59. The van der Waals surface area contributed by atoms with E-state index in [4.69, 9.17) is 9.26 Å². The second kappa shape index (κ2) is 7.57. The average Bonchev–Trinajstić information content (AvgIpc) is 3.21. The van der Waals surface area contributed by atoms with Gasteiger partial charge in [0.15, 0.2) is 0 Å². The minimum absolute atomic E-state index is 0.125. The third-order valence-corrected chi connectivity index (χ3v) is 4.86. The van der Waals surface area contributed by atoms with Gasteiger partial charge in [0.05, 0.1) is 31.9 Å². The topological polar surface area (TPSA) is 87.8 Å². The number of nitrogens with zero attached hydrogens (tertiary/aromatic N) is 5. The molecule has 2 atom stereocenters. The van der Waals surface area contributed by atoms with Crippen LogP contribution in [0.5, 0.6) is 0 Å². The van der Waals surface area contributed by atoms with Crippen molar-refractivity contribution in [3.63, 3.8) is 0 Å². The van der Waals surface area contributed by atoms with E-state index in [2.05, 4.69) is 24.9 Å². The van der Waals surface area contributed by atoms with Gasteiger partial charge in [0, 0.05) is 31.0 Å². The molecule has 0 radical (unpaired) electrons. The van der Waals surface area contributed by atoms with Gasteiger partial charge in [0.25, 0.3) is 0 Å². The summed E-state index contributed by atoms with van der Waals surface area (Å²) in [5.41, 5.74) is 0.856. The summed E-state index contributed by atoms with van der Waals surface area (Å²) in [6.45, 7) is 5.49. The van der Waals surface area contributed by atoms with Crippen LogP contribution in [0.15, 0.2) is 29.0 Å². The van der Waals surface area contributed by atoms with Gasteiger partial charge in [-0.25, -0.2) is 0 Å². The lowest BCUT2D eigenvalue weighted by molar-refractivity contribution is 0.0834. The zero-order valence-corrected chi connectivity index (χ0v) is 14.1. The van der Waals surface area contributed by atoms with E-state index >= 15 is 0 Å². The Morgan fingerprint density at radius 3 is 2.96 bits per heavy atom. The molecule has 2 aliphatic rings. The largest absolute Gasteiger partial charge is 0.389 e. The van der Waals surface area contributed by atoms with E-state index in [1.807, 2.05) is 12.1 Å². The first-order valence-corrected chi connectivity index (χ1v) is 8.75. The Kier molecular flexibility index (Phi) is 5.02. The molecule has 134 valence electrons. The van der Waals surface area contributed by atoms with Crippen LogP contribution in [0.1, 0.15) is 12.3 Å². The van der Waals surface area contributed by atoms with Crippen LogP contribution in [0.4, 0.5) is 0 Å². The Morgan fingerprint density at radius 2 is 2.16 bits per heavy atom. The molecule has 0 aliphatic carbocycles. The van der Waals surface area contributed by atoms with Crippen LogP contribution in [-0.4, -0.2) is 81.6 Å². The quantitative estimate of drug-likeness (QED) is 0.852. The summed E-state index contributed by atoms with van der Waals surface area (Å²) in [7, 11) is 0. The van der Waals surface area contributed by atoms with Gasteiger partial charge in [0.1, 0.15) is 0 Å². The number of rotatable bonds is 4. The Morgan fingerprint density at radius 1 is 1.20 bits per heavy atom. The third kappa shape index (κ3) is 3.87. The number of aliphatic hydroxyl groups excluding tert-OH is 1. The van der Waals surface area contributed by atoms with Crippen molar-refractivity contribution in [1.29, 1.82) is 0 Å². The number of aromatic nitrogens is 3. The smallest absolute Gasteiger partial charge is 0.241 e. The first kappa shape index (κ1) is 16.6. The van der Waals surface area contributed by atoms with Gasteiger partial charge in [-0.2, -0.15) is 4.98 Å². The molecule has 2 aliphatic heterocycles. The Bertz CT molecular complexity index is 680. The number of hydrogen-bond acceptors (Lipinski definition) is 8. The fraction of sp³-hybridized carbons (Fsp3) is 0.588. The molecule has 2 aromatic rings. The molecule has 25 heavy (non-hydrogen) atoms. The summed E-state index contributed by atoms with van der Waals surface area (Å²) in [5.74, 6) is 1.20. The summed E-state index contributed by atoms with van der Waals surface area (Å²) in [6.07, 6.45) is 4.13. The van der Waals surface area contributed by atoms with Crippen LogP contribution >= 0.6 is 0 Å². The molecule has 1 N–H and O–H groups in total. The number of pyridine rings is 1. The summed E-state index contributed by atoms with van der Waals surface area (Å²) in [5, 5.41) is 14.1. The first-order chi connectivity index (χ1) is 12.3. The molecule has 2 saturated heterocycles. The molecule has 0 unspecified atom stereocenters. The maximum Gasteiger partial charge on any atom is 0.241 e. The molecule has 2 fully saturated rings. The van der Waals surface area contributed by atoms with E-state index in [0.29, 0.717) is 31.5 Å². The minimum atomic E-state index is -0.371. The molecule has 8 nitrogen and oxygen atoms in total. The molecular weight excluding hydrogens is 322 g/mol. The van der Waals surface area contributed by atoms with Crippen molar-refractivity contribution in [1.82, 2.24) is 24.9 Å². The normalized spacial score (nSPS) is 26.0. The molecule has 4 heterocycles. The number of aliphatic hydroxyl groups is 1. The highest BCUT2D eigenvalue weighted by Crippen LogP contribution is 2.18. The van der Waals surface area contributed by atoms with Crippen molar-refractivity contribution in [3.05, 3.63) is 30.4 Å². The minimum Gasteiger partial charge on any atom is -0.389 e. The van der Waals surface area contributed by atoms with Crippen molar-refractivity contribution < 1.29 is 14.4 Å². The van der Waals surface area contributed by atoms with Crippen molar-refractivity contribution in [2.75, 3.05) is 39.4 Å². The predicted octanol–water partition coefficient (Wildman–Crippen LogP) is 0.399. The molecule has 0 spiro atoms. The SMILES string of the molecule is O[C@H]1COC[C@@H]1N1CCCN(Cc2nc(-c3cccnc3)no2)CC1. The fourth-order valence-electron chi connectivity index (χ4n) is 3.48. The monoisotopic (exact) mass is 345 g/mol. The molecule has 0 bridgehead atoms. The highest BCUT2D eigenvalue weighted by Gasteiger charge is 2.32. The van der Waals surface area contributed by atoms with E-state index in [1.54, 1.807) is 12.4 Å². The molecule has 8 heteroatoms. The number of ether oxygens (including phenoxy) is 1. The van der Waals surface area contributed by atoms with Crippen molar-refractivity contribution in [3.8, 4) is 11.4 Å². The maximum absolute atomic E-state index is 10.0. The molecule has 0 saturated carbocycles. The van der Waals surface area contributed by atoms with Crippen LogP contribution in [0.3, 0.4) is 0 Å². The molecule has 4 rings (SSSR count). The van der Waals surface area contributed by atoms with Crippen LogP contribution in [-0.2, 0) is 11.3 Å². The Balaban J connectivity index is 1.35. The van der Waals surface area contributed by atoms with Gasteiger partial charge >= 0.3 is 0 Å². The van der Waals surface area contributed by atoms with Crippen LogP contribution in [0, 0.1) is 0 Å². The van der Waals surface area contributed by atoms with Gasteiger partial charge in [-0.1, -0.05) is 5.16 Å². The highest BCUT2D eigenvalue weighted by molar-refractivity contribution is 5.51. The maximum atomic E-state index is 10.0. The van der Waals surface area contributed by atoms with E-state index in [0.717, 1.165) is 38.2 Å². The zero-order chi connectivity index (χ0) is 17.1. The zero-order valence-electron chi connectivity index (χ0n) is 14.1. The van der Waals surface area contributed by atoms with E-state index in [1.165, 1.54) is 0 Å². The lowest BCUT2D eigenvalue weighted by Gasteiger charge is -2.28. The van der Waals surface area contributed by atoms with Gasteiger partial charge in [-0.15, -0.1) is 0 Å². The molecular formula is C17H23N5O3. The first-order valence-electron chi connectivity index (χ1n) is 8.75. The standard InChI is InChI=1S/C17H23N5O3/c23-15-12-24-11-14(15)22-6-2-5-21(7-8-22)10-16-19-17(20-25-16)13-3-1-4-18-9-13/h1,3-4,9,14-15,23H,2,5-8,10-12H2/t14-,15-/m0/s1.